The van der Waals surface area contributed by atoms with Crippen molar-refractivity contribution in [2.24, 2.45) is 0 Å². The molecule has 0 atom stereocenters. The van der Waals surface area contributed by atoms with Gasteiger partial charge in [-0.05, 0) is 93.7 Å². The Kier molecular flexibility index (Phi) is 8.00. The van der Waals surface area contributed by atoms with Gasteiger partial charge >= 0.3 is 0 Å². The lowest BCUT2D eigenvalue weighted by Crippen LogP contribution is -2.12. The van der Waals surface area contributed by atoms with Crippen molar-refractivity contribution in [3.8, 4) is 22.3 Å². The van der Waals surface area contributed by atoms with Gasteiger partial charge in [0.05, 0.1) is 69.6 Å². The summed E-state index contributed by atoms with van der Waals surface area (Å²) in [4.78, 5) is 3.77. The van der Waals surface area contributed by atoms with Gasteiger partial charge in [0.15, 0.2) is 0 Å². The van der Waals surface area contributed by atoms with Gasteiger partial charge in [-0.2, -0.15) is 0 Å². The lowest BCUT2D eigenvalue weighted by atomic mass is 9.85. The van der Waals surface area contributed by atoms with Gasteiger partial charge in [0.2, 0.25) is 0 Å². The molecule has 374 valence electrons. The highest BCUT2D eigenvalue weighted by atomic mass is 15.2. The average Bonchev–Trinajstić information content (AvgIpc) is 1.51. The minimum absolute atomic E-state index is 0.0369. The molecule has 0 aliphatic heterocycles. The molecule has 0 fully saturated rings. The normalized spacial score (nSPS) is 14.3. The zero-order valence-corrected chi connectivity index (χ0v) is 44.1. The molecule has 0 spiro atoms. The van der Waals surface area contributed by atoms with Gasteiger partial charge in [-0.1, -0.05) is 223 Å². The Bertz CT molecular complexity index is 5030. The molecule has 0 radical (unpaired) electrons. The second-order valence-corrected chi connectivity index (χ2v) is 22.6. The van der Waals surface area contributed by atoms with E-state index >= 15 is 0 Å². The zero-order chi connectivity index (χ0) is 61.3. The Hall–Kier alpha value is -9.38. The van der Waals surface area contributed by atoms with Crippen molar-refractivity contribution in [2.75, 3.05) is 9.80 Å². The summed E-state index contributed by atoms with van der Waals surface area (Å²) < 4.78 is 96.9. The third kappa shape index (κ3) is 6.72. The van der Waals surface area contributed by atoms with Crippen LogP contribution in [-0.4, -0.2) is 8.80 Å². The third-order valence-corrected chi connectivity index (χ3v) is 16.0. The zero-order valence-electron chi connectivity index (χ0n) is 54.1. The largest absolute Gasteiger partial charge is 0.309 e. The van der Waals surface area contributed by atoms with E-state index in [9.17, 15) is 5.48 Å². The van der Waals surface area contributed by atoms with Gasteiger partial charge in [0.1, 0.15) is 0 Å². The van der Waals surface area contributed by atoms with Crippen LogP contribution in [0, 0.1) is 0 Å². The number of aromatic nitrogens is 2. The van der Waals surface area contributed by atoms with E-state index in [1.54, 1.807) is 0 Å². The lowest BCUT2D eigenvalue weighted by Gasteiger charge is -2.29. The maximum absolute atomic E-state index is 9.62. The smallest absolute Gasteiger partial charge is 0.0645 e. The summed E-state index contributed by atoms with van der Waals surface area (Å²) in [7, 11) is 0. The molecule has 4 heteroatoms. The molecule has 15 aromatic rings. The number of anilines is 6. The first-order valence-electron chi connectivity index (χ1n) is 31.6. The fraction of sp³-hybridized carbons (Fsp3) is 0.108. The van der Waals surface area contributed by atoms with Crippen LogP contribution in [-0.2, 0) is 10.8 Å². The highest BCUT2D eigenvalue weighted by Gasteiger charge is 2.32. The van der Waals surface area contributed by atoms with Crippen LogP contribution in [0.4, 0.5) is 34.1 Å². The molecule has 0 unspecified atom stereocenters. The van der Waals surface area contributed by atoms with Crippen LogP contribution in [0.1, 0.15) is 66.4 Å². The van der Waals surface area contributed by atoms with Crippen molar-refractivity contribution in [3.05, 3.63) is 254 Å². The summed E-state index contributed by atoms with van der Waals surface area (Å²) in [5.41, 5.74) is 13.4. The number of fused-ring (bicyclic) bond motifs is 12. The Labute approximate surface area is 469 Å². The average molecular weight is 1010 g/mol. The standard InChI is InChI=1S/C74H58N4/c1-73(2,3)59-37-23-35-55-67-63(75(49-29-15-9-16-30-49)61-39-21-19-33-51(61)47-25-11-7-12-26-47)43-41-53-57-46-66-58(45-65(57)77(69(55)59)71(53)67)54-42-44-64(68-56-36-24-38-60(74(4,5)6)70(56)78(66)72(54)68)76(50-31-17-10-18-32-50)62-40-22-20-34-52(62)48-27-13-8-14-28-48/h7-46H,1-6H3/i9D,10D,15D,16D,17D,18D,29D,30D,31D,32D. The van der Waals surface area contributed by atoms with Crippen molar-refractivity contribution in [2.45, 2.75) is 52.4 Å². The maximum atomic E-state index is 9.62. The van der Waals surface area contributed by atoms with Gasteiger partial charge in [0.25, 0.3) is 0 Å². The minimum Gasteiger partial charge on any atom is -0.309 e. The molecule has 11 aromatic carbocycles. The van der Waals surface area contributed by atoms with Crippen molar-refractivity contribution in [3.63, 3.8) is 0 Å². The first kappa shape index (κ1) is 36.6. The van der Waals surface area contributed by atoms with Crippen LogP contribution in [0.3, 0.4) is 0 Å². The molecule has 4 aromatic heterocycles. The van der Waals surface area contributed by atoms with Gasteiger partial charge < -0.3 is 18.6 Å². The fourth-order valence-electron chi connectivity index (χ4n) is 12.7. The molecule has 15 rings (SSSR count). The van der Waals surface area contributed by atoms with E-state index in [1.807, 2.05) is 119 Å². The first-order chi connectivity index (χ1) is 42.2. The van der Waals surface area contributed by atoms with E-state index in [0.717, 1.165) is 110 Å². The SMILES string of the molecule is [2H]c1c([2H])c([2H])c(N(c2ccccc2-c2ccccc2)c2ccc3c4cc5c(cc4n4c6c(C(C)(C)C)cccc6c2c34)c2ccc(N(c3ccccc3-c3ccccc3)c3c([2H])c([2H])c([2H])c([2H])c3[2H])c3c4cccc(C(C)(C)C)c4n5c23)c([2H])c1[2H]. The number of nitrogens with zero attached hydrogens (tertiary/aromatic N) is 4. The van der Waals surface area contributed by atoms with E-state index in [4.69, 9.17) is 8.22 Å². The van der Waals surface area contributed by atoms with E-state index in [2.05, 4.69) is 123 Å². The maximum Gasteiger partial charge on any atom is 0.0645 e. The molecule has 4 nitrogen and oxygen atoms in total. The summed E-state index contributed by atoms with van der Waals surface area (Å²) in [5, 5.41) is 7.53. The van der Waals surface area contributed by atoms with Crippen LogP contribution in [0.15, 0.2) is 242 Å². The highest BCUT2D eigenvalue weighted by molar-refractivity contribution is 6.32. The Morgan fingerprint density at radius 2 is 0.718 bits per heavy atom. The summed E-state index contributed by atoms with van der Waals surface area (Å²) in [6.45, 7) is 13.3. The molecular weight excluding hydrogens is 945 g/mol. The lowest BCUT2D eigenvalue weighted by molar-refractivity contribution is 0.594. The van der Waals surface area contributed by atoms with Gasteiger partial charge in [-0.15, -0.1) is 0 Å². The highest BCUT2D eigenvalue weighted by Crippen LogP contribution is 2.54. The number of rotatable bonds is 8. The minimum atomic E-state index is -0.469. The summed E-state index contributed by atoms with van der Waals surface area (Å²) in [6.07, 6.45) is 0. The van der Waals surface area contributed by atoms with Crippen LogP contribution in [0.2, 0.25) is 0 Å². The van der Waals surface area contributed by atoms with Gasteiger partial charge in [-0.25, -0.2) is 0 Å². The molecule has 78 heavy (non-hydrogen) atoms. The molecule has 0 saturated carbocycles. The van der Waals surface area contributed by atoms with Crippen LogP contribution in [0.5, 0.6) is 0 Å². The predicted molar refractivity (Wildman–Crippen MR) is 333 cm³/mol. The number of benzene rings is 11. The fourth-order valence-corrected chi connectivity index (χ4v) is 12.7. The van der Waals surface area contributed by atoms with Gasteiger partial charge in [-0.3, -0.25) is 0 Å². The molecule has 0 aliphatic carbocycles. The van der Waals surface area contributed by atoms with E-state index in [1.165, 1.54) is 0 Å². The van der Waals surface area contributed by atoms with Crippen LogP contribution < -0.4 is 9.80 Å². The molecule has 0 amide bonds. The second kappa shape index (κ2) is 17.1. The Morgan fingerprint density at radius 1 is 0.333 bits per heavy atom. The molecule has 0 bridgehead atoms. The Morgan fingerprint density at radius 3 is 1.12 bits per heavy atom. The molecule has 0 aliphatic rings. The Balaban J connectivity index is 1.10. The summed E-state index contributed by atoms with van der Waals surface area (Å²) in [6, 6.07) is 57.5. The third-order valence-electron chi connectivity index (χ3n) is 16.0. The quantitative estimate of drug-likeness (QED) is 0.151. The van der Waals surface area contributed by atoms with Crippen molar-refractivity contribution in [1.29, 1.82) is 0 Å². The van der Waals surface area contributed by atoms with Gasteiger partial charge in [0, 0.05) is 65.6 Å². The molecule has 0 N–H and O–H groups in total. The van der Waals surface area contributed by atoms with E-state index in [-0.39, 0.29) is 46.4 Å². The van der Waals surface area contributed by atoms with Crippen LogP contribution >= 0.6 is 0 Å². The van der Waals surface area contributed by atoms with E-state index in [0.29, 0.717) is 22.7 Å². The van der Waals surface area contributed by atoms with Crippen molar-refractivity contribution >= 4 is 110 Å². The number of hydrogen-bond donors (Lipinski definition) is 0. The number of para-hydroxylation sites is 6. The summed E-state index contributed by atoms with van der Waals surface area (Å²) in [5.74, 6) is 0. The monoisotopic (exact) mass is 1010 g/mol. The van der Waals surface area contributed by atoms with Crippen LogP contribution in [0.25, 0.3) is 98.4 Å². The topological polar surface area (TPSA) is 15.3 Å². The summed E-state index contributed by atoms with van der Waals surface area (Å²) >= 11 is 0. The molecule has 4 heterocycles. The van der Waals surface area contributed by atoms with Crippen molar-refractivity contribution < 1.29 is 13.7 Å². The first-order valence-corrected chi connectivity index (χ1v) is 26.6. The number of hydrogen-bond acceptors (Lipinski definition) is 2. The second-order valence-electron chi connectivity index (χ2n) is 22.6. The predicted octanol–water partition coefficient (Wildman–Crippen LogP) is 20.9. The molecule has 0 saturated heterocycles. The molecular formula is C74H58N4. The van der Waals surface area contributed by atoms with Crippen molar-refractivity contribution in [1.82, 2.24) is 8.80 Å². The van der Waals surface area contributed by atoms with E-state index < -0.39 is 36.3 Å².